The molecule has 0 saturated carbocycles. The van der Waals surface area contributed by atoms with Gasteiger partial charge >= 0.3 is 0 Å². The zero-order chi connectivity index (χ0) is 16.1. The summed E-state index contributed by atoms with van der Waals surface area (Å²) in [5, 5.41) is 2.85. The monoisotopic (exact) mass is 297 g/mol. The first kappa shape index (κ1) is 15.7. The summed E-state index contributed by atoms with van der Waals surface area (Å²) in [6.07, 6.45) is 0. The fourth-order valence-corrected chi connectivity index (χ4v) is 2.10. The van der Waals surface area contributed by atoms with Gasteiger partial charge in [-0.3, -0.25) is 9.59 Å². The Hall–Kier alpha value is -2.66. The van der Waals surface area contributed by atoms with E-state index in [2.05, 4.69) is 10.2 Å². The number of carbonyl (C=O) groups is 2. The molecule has 2 aromatic rings. The van der Waals surface area contributed by atoms with Gasteiger partial charge in [-0.15, -0.1) is 0 Å². The van der Waals surface area contributed by atoms with Crippen molar-refractivity contribution in [3.05, 3.63) is 65.2 Å². The minimum absolute atomic E-state index is 0.224. The predicted molar refractivity (Wildman–Crippen MR) is 86.7 cm³/mol. The molecule has 0 aliphatic rings. The fraction of sp³-hybridized carbons (Fsp3) is 0.176. The van der Waals surface area contributed by atoms with Crippen molar-refractivity contribution in [1.82, 2.24) is 4.90 Å². The highest BCUT2D eigenvalue weighted by atomic mass is 16.2. The maximum atomic E-state index is 12.2. The molecule has 0 aliphatic heterocycles. The Morgan fingerprint density at radius 2 is 1.68 bits per heavy atom. The quantitative estimate of drug-likeness (QED) is 0.887. The van der Waals surface area contributed by atoms with Gasteiger partial charge in [0.2, 0.25) is 5.91 Å². The summed E-state index contributed by atoms with van der Waals surface area (Å²) < 4.78 is 0. The van der Waals surface area contributed by atoms with Gasteiger partial charge in [-0.25, -0.2) is 0 Å². The molecule has 0 fully saturated rings. The molecule has 2 amide bonds. The van der Waals surface area contributed by atoms with E-state index in [1.165, 1.54) is 0 Å². The highest BCUT2D eigenvalue weighted by molar-refractivity contribution is 6.05. The van der Waals surface area contributed by atoms with Crippen LogP contribution in [0.2, 0.25) is 0 Å². The number of nitrogens with one attached hydrogen (secondary N) is 1. The molecule has 0 aliphatic carbocycles. The fourth-order valence-electron chi connectivity index (χ4n) is 2.10. The Morgan fingerprint density at radius 1 is 1.05 bits per heavy atom. The normalized spacial score (nSPS) is 10.5. The lowest BCUT2D eigenvalue weighted by Crippen LogP contribution is -2.14. The molecule has 5 heteroatoms. The molecule has 2 aromatic carbocycles. The summed E-state index contributed by atoms with van der Waals surface area (Å²) in [7, 11) is 3.98. The number of anilines is 1. The van der Waals surface area contributed by atoms with Crippen LogP contribution in [0.1, 0.15) is 26.3 Å². The van der Waals surface area contributed by atoms with Gasteiger partial charge in [0.1, 0.15) is 0 Å². The number of hydrogen-bond donors (Lipinski definition) is 2. The van der Waals surface area contributed by atoms with Crippen LogP contribution in [0.15, 0.2) is 48.5 Å². The second-order valence-corrected chi connectivity index (χ2v) is 5.33. The molecule has 0 heterocycles. The maximum absolute atomic E-state index is 12.2. The molecule has 0 spiro atoms. The first-order chi connectivity index (χ1) is 10.5. The van der Waals surface area contributed by atoms with Crippen molar-refractivity contribution in [2.24, 2.45) is 5.73 Å². The van der Waals surface area contributed by atoms with Crippen molar-refractivity contribution < 1.29 is 9.59 Å². The first-order valence-corrected chi connectivity index (χ1v) is 6.90. The third-order valence-electron chi connectivity index (χ3n) is 3.12. The second kappa shape index (κ2) is 6.87. The number of nitrogens with zero attached hydrogens (tertiary/aromatic N) is 1. The van der Waals surface area contributed by atoms with E-state index in [9.17, 15) is 9.59 Å². The minimum atomic E-state index is -0.511. The molecule has 0 radical (unpaired) electrons. The third-order valence-corrected chi connectivity index (χ3v) is 3.12. The van der Waals surface area contributed by atoms with Gasteiger partial charge in [0, 0.05) is 23.4 Å². The van der Waals surface area contributed by atoms with Crippen LogP contribution in [-0.2, 0) is 6.54 Å². The molecular formula is C17H19N3O2. The Bertz CT molecular complexity index is 679. The van der Waals surface area contributed by atoms with Gasteiger partial charge in [0.25, 0.3) is 5.91 Å². The van der Waals surface area contributed by atoms with Crippen molar-refractivity contribution in [1.29, 1.82) is 0 Å². The molecule has 2 rings (SSSR count). The van der Waals surface area contributed by atoms with Crippen LogP contribution in [0, 0.1) is 0 Å². The van der Waals surface area contributed by atoms with Crippen molar-refractivity contribution in [2.75, 3.05) is 19.4 Å². The van der Waals surface area contributed by atoms with Crippen LogP contribution >= 0.6 is 0 Å². The average molecular weight is 297 g/mol. The Balaban J connectivity index is 2.09. The number of primary amides is 1. The lowest BCUT2D eigenvalue weighted by atomic mass is 10.1. The van der Waals surface area contributed by atoms with Gasteiger partial charge in [-0.2, -0.15) is 0 Å². The smallest absolute Gasteiger partial charge is 0.255 e. The molecule has 0 bridgehead atoms. The van der Waals surface area contributed by atoms with Crippen LogP contribution in [0.4, 0.5) is 5.69 Å². The van der Waals surface area contributed by atoms with Crippen LogP contribution < -0.4 is 11.1 Å². The topological polar surface area (TPSA) is 75.4 Å². The molecule has 0 unspecified atom stereocenters. The molecule has 0 saturated heterocycles. The number of benzene rings is 2. The molecule has 0 atom stereocenters. The zero-order valence-corrected chi connectivity index (χ0v) is 12.7. The van der Waals surface area contributed by atoms with Crippen LogP contribution in [0.3, 0.4) is 0 Å². The summed E-state index contributed by atoms with van der Waals surface area (Å²) >= 11 is 0. The van der Waals surface area contributed by atoms with Gasteiger partial charge in [0.15, 0.2) is 0 Å². The van der Waals surface area contributed by atoms with Gasteiger partial charge < -0.3 is 16.0 Å². The summed E-state index contributed by atoms with van der Waals surface area (Å²) in [5.74, 6) is -0.735. The van der Waals surface area contributed by atoms with Crippen molar-refractivity contribution >= 4 is 17.5 Å². The average Bonchev–Trinajstić information content (AvgIpc) is 2.47. The maximum Gasteiger partial charge on any atom is 0.255 e. The summed E-state index contributed by atoms with van der Waals surface area (Å²) in [4.78, 5) is 25.3. The number of nitrogens with two attached hydrogens (primary N) is 1. The lowest BCUT2D eigenvalue weighted by Gasteiger charge is -2.11. The van der Waals surface area contributed by atoms with Crippen LogP contribution in [0.5, 0.6) is 0 Å². The molecule has 114 valence electrons. The Morgan fingerprint density at radius 3 is 2.27 bits per heavy atom. The minimum Gasteiger partial charge on any atom is -0.366 e. The van der Waals surface area contributed by atoms with Gasteiger partial charge in [-0.1, -0.05) is 12.1 Å². The third kappa shape index (κ3) is 4.17. The molecule has 3 N–H and O–H groups in total. The van der Waals surface area contributed by atoms with E-state index in [-0.39, 0.29) is 5.91 Å². The van der Waals surface area contributed by atoms with E-state index >= 15 is 0 Å². The number of hydrogen-bond acceptors (Lipinski definition) is 3. The van der Waals surface area contributed by atoms with E-state index in [1.54, 1.807) is 24.3 Å². The van der Waals surface area contributed by atoms with E-state index in [4.69, 9.17) is 5.73 Å². The molecule has 5 nitrogen and oxygen atoms in total. The van der Waals surface area contributed by atoms with Crippen molar-refractivity contribution in [2.45, 2.75) is 6.54 Å². The number of rotatable bonds is 5. The second-order valence-electron chi connectivity index (χ2n) is 5.33. The molecular weight excluding hydrogens is 278 g/mol. The SMILES string of the molecule is CN(C)Cc1cccc(NC(=O)c2ccc(C(N)=O)cc2)c1. The van der Waals surface area contributed by atoms with Crippen LogP contribution in [0.25, 0.3) is 0 Å². The lowest BCUT2D eigenvalue weighted by molar-refractivity contribution is 0.0995. The van der Waals surface area contributed by atoms with E-state index < -0.39 is 5.91 Å². The predicted octanol–water partition coefficient (Wildman–Crippen LogP) is 2.10. The Kier molecular flexibility index (Phi) is 4.91. The van der Waals surface area contributed by atoms with Crippen molar-refractivity contribution in [3.8, 4) is 0 Å². The van der Waals surface area contributed by atoms with Gasteiger partial charge in [0.05, 0.1) is 0 Å². The highest BCUT2D eigenvalue weighted by Gasteiger charge is 2.08. The van der Waals surface area contributed by atoms with E-state index in [1.807, 2.05) is 38.4 Å². The zero-order valence-electron chi connectivity index (χ0n) is 12.7. The number of carbonyl (C=O) groups excluding carboxylic acids is 2. The highest BCUT2D eigenvalue weighted by Crippen LogP contribution is 2.14. The van der Waals surface area contributed by atoms with Gasteiger partial charge in [-0.05, 0) is 56.1 Å². The number of amides is 2. The van der Waals surface area contributed by atoms with E-state index in [0.717, 1.165) is 17.8 Å². The van der Waals surface area contributed by atoms with Crippen LogP contribution in [-0.4, -0.2) is 30.8 Å². The summed E-state index contributed by atoms with van der Waals surface area (Å²) in [5.41, 5.74) is 7.89. The van der Waals surface area contributed by atoms with E-state index in [0.29, 0.717) is 11.1 Å². The molecule has 0 aromatic heterocycles. The molecule has 22 heavy (non-hydrogen) atoms. The van der Waals surface area contributed by atoms with Crippen molar-refractivity contribution in [3.63, 3.8) is 0 Å². The summed E-state index contributed by atoms with van der Waals surface area (Å²) in [6.45, 7) is 0.803. The Labute approximate surface area is 129 Å². The summed E-state index contributed by atoms with van der Waals surface area (Å²) in [6, 6.07) is 13.9. The largest absolute Gasteiger partial charge is 0.366 e. The standard InChI is InChI=1S/C17H19N3O2/c1-20(2)11-12-4-3-5-15(10-12)19-17(22)14-8-6-13(7-9-14)16(18)21/h3-10H,11H2,1-2H3,(H2,18,21)(H,19,22). The first-order valence-electron chi connectivity index (χ1n) is 6.90.